The van der Waals surface area contributed by atoms with E-state index in [1.54, 1.807) is 6.07 Å². The lowest BCUT2D eigenvalue weighted by Crippen LogP contribution is -2.09. The molecule has 3 aliphatic carbocycles. The quantitative estimate of drug-likeness (QED) is 0.853. The van der Waals surface area contributed by atoms with Crippen LogP contribution in [0.15, 0.2) is 24.4 Å². The van der Waals surface area contributed by atoms with E-state index in [1.807, 2.05) is 18.3 Å². The van der Waals surface area contributed by atoms with Crippen LogP contribution in [0.25, 0.3) is 10.9 Å². The number of H-pyrrole nitrogens is 1. The Kier molecular flexibility index (Phi) is 2.07. The van der Waals surface area contributed by atoms with E-state index in [-0.39, 0.29) is 11.7 Å². The number of fused-ring (bicyclic) bond motifs is 6. The molecule has 1 heterocycles. The summed E-state index contributed by atoms with van der Waals surface area (Å²) in [5.41, 5.74) is 2.23. The number of nitrogens with zero attached hydrogens (tertiary/aromatic N) is 1. The van der Waals surface area contributed by atoms with E-state index in [1.165, 1.54) is 19.3 Å². The Morgan fingerprint density at radius 2 is 2.00 bits per heavy atom. The molecular formula is C18H16N2O. The van der Waals surface area contributed by atoms with Gasteiger partial charge in [-0.05, 0) is 55.1 Å². The molecule has 104 valence electrons. The fourth-order valence-corrected chi connectivity index (χ4v) is 5.33. The second kappa shape index (κ2) is 3.76. The lowest BCUT2D eigenvalue weighted by atomic mass is 9.95. The number of nitrogens with one attached hydrogen (secondary N) is 1. The van der Waals surface area contributed by atoms with Gasteiger partial charge in [0.25, 0.3) is 0 Å². The molecule has 0 radical (unpaired) electrons. The first-order chi connectivity index (χ1) is 10.3. The fraction of sp³-hybridized carbons (Fsp3) is 0.444. The monoisotopic (exact) mass is 276 g/mol. The van der Waals surface area contributed by atoms with Crippen molar-refractivity contribution in [2.75, 3.05) is 0 Å². The zero-order valence-electron chi connectivity index (χ0n) is 11.7. The molecule has 3 aliphatic rings. The van der Waals surface area contributed by atoms with E-state index in [9.17, 15) is 10.1 Å². The third-order valence-electron chi connectivity index (χ3n) is 6.13. The molecule has 0 amide bonds. The van der Waals surface area contributed by atoms with Crippen molar-refractivity contribution in [1.29, 1.82) is 5.26 Å². The van der Waals surface area contributed by atoms with Gasteiger partial charge in [0.15, 0.2) is 5.78 Å². The number of carbonyl (C=O) groups excluding carboxylic acids is 1. The van der Waals surface area contributed by atoms with Crippen LogP contribution in [0.1, 0.15) is 35.2 Å². The molecule has 3 nitrogen and oxygen atoms in total. The highest BCUT2D eigenvalue weighted by Gasteiger charge is 2.67. The number of Topliss-reactive ketones (excluding diaryl/α,β-unsaturated/α-hetero) is 1. The summed E-state index contributed by atoms with van der Waals surface area (Å²) in [4.78, 5) is 16.1. The molecule has 1 aromatic heterocycles. The fourth-order valence-electron chi connectivity index (χ4n) is 5.33. The Bertz CT molecular complexity index is 796. The molecule has 1 aromatic carbocycles. The molecule has 0 aliphatic heterocycles. The number of nitriles is 1. The molecule has 0 saturated heterocycles. The van der Waals surface area contributed by atoms with Gasteiger partial charge in [0.1, 0.15) is 0 Å². The molecule has 1 N–H and O–H groups in total. The number of aromatic nitrogens is 1. The van der Waals surface area contributed by atoms with Gasteiger partial charge in [-0.3, -0.25) is 4.79 Å². The summed E-state index contributed by atoms with van der Waals surface area (Å²) in [6.45, 7) is 0. The van der Waals surface area contributed by atoms with Gasteiger partial charge < -0.3 is 4.98 Å². The number of hydrogen-bond donors (Lipinski definition) is 1. The molecule has 4 unspecified atom stereocenters. The maximum absolute atomic E-state index is 13.0. The summed E-state index contributed by atoms with van der Waals surface area (Å²) >= 11 is 0. The Morgan fingerprint density at radius 1 is 1.24 bits per heavy atom. The third kappa shape index (κ3) is 1.35. The van der Waals surface area contributed by atoms with Crippen LogP contribution in [0.3, 0.4) is 0 Å². The second-order valence-electron chi connectivity index (χ2n) is 6.92. The highest BCUT2D eigenvalue weighted by molar-refractivity contribution is 6.11. The molecule has 3 fully saturated rings. The Labute approximate surface area is 123 Å². The van der Waals surface area contributed by atoms with Crippen LogP contribution in [0, 0.1) is 40.9 Å². The molecule has 4 atom stereocenters. The number of carbonyl (C=O) groups is 1. The van der Waals surface area contributed by atoms with Crippen LogP contribution in [-0.4, -0.2) is 10.8 Å². The molecule has 3 heteroatoms. The van der Waals surface area contributed by atoms with E-state index in [0.717, 1.165) is 28.3 Å². The largest absolute Gasteiger partial charge is 0.360 e. The predicted octanol–water partition coefficient (Wildman–Crippen LogP) is 3.51. The van der Waals surface area contributed by atoms with E-state index < -0.39 is 0 Å². The standard InChI is InChI=1S/C18H16N2O/c19-7-11-2-1-3-13-14(11)12(8-20-13)18(21)17-15-9-4-5-10(6-9)16(15)17/h1-3,8-10,15-17,20H,4-6H2. The van der Waals surface area contributed by atoms with Crippen molar-refractivity contribution >= 4 is 16.7 Å². The second-order valence-corrected chi connectivity index (χ2v) is 6.92. The van der Waals surface area contributed by atoms with Gasteiger partial charge in [0.05, 0.1) is 11.6 Å². The first-order valence-corrected chi connectivity index (χ1v) is 7.84. The highest BCUT2D eigenvalue weighted by atomic mass is 16.1. The Balaban J connectivity index is 1.57. The SMILES string of the molecule is N#Cc1cccc2[nH]cc(C(=O)C3C4C5CCC(C5)C34)c12. The van der Waals surface area contributed by atoms with Crippen LogP contribution < -0.4 is 0 Å². The molecule has 2 bridgehead atoms. The zero-order chi connectivity index (χ0) is 14.1. The van der Waals surface area contributed by atoms with Crippen molar-refractivity contribution in [2.45, 2.75) is 19.3 Å². The van der Waals surface area contributed by atoms with Crippen molar-refractivity contribution in [2.24, 2.45) is 29.6 Å². The molecular weight excluding hydrogens is 260 g/mol. The van der Waals surface area contributed by atoms with Crippen LogP contribution in [0.4, 0.5) is 0 Å². The summed E-state index contributed by atoms with van der Waals surface area (Å²) in [5, 5.41) is 10.1. The van der Waals surface area contributed by atoms with Gasteiger partial charge in [-0.1, -0.05) is 6.07 Å². The molecule has 21 heavy (non-hydrogen) atoms. The lowest BCUT2D eigenvalue weighted by molar-refractivity contribution is 0.0946. The van der Waals surface area contributed by atoms with Crippen molar-refractivity contribution < 1.29 is 4.79 Å². The van der Waals surface area contributed by atoms with Gasteiger partial charge in [0.2, 0.25) is 0 Å². The van der Waals surface area contributed by atoms with Crippen molar-refractivity contribution in [3.63, 3.8) is 0 Å². The maximum atomic E-state index is 13.0. The summed E-state index contributed by atoms with van der Waals surface area (Å²) < 4.78 is 0. The minimum Gasteiger partial charge on any atom is -0.360 e. The molecule has 2 aromatic rings. The number of rotatable bonds is 2. The Morgan fingerprint density at radius 3 is 2.71 bits per heavy atom. The van der Waals surface area contributed by atoms with E-state index in [4.69, 9.17) is 0 Å². The molecule has 0 spiro atoms. The number of aromatic amines is 1. The highest BCUT2D eigenvalue weighted by Crippen LogP contribution is 2.70. The van der Waals surface area contributed by atoms with Crippen LogP contribution >= 0.6 is 0 Å². The summed E-state index contributed by atoms with van der Waals surface area (Å²) in [6, 6.07) is 7.81. The number of benzene rings is 1. The van der Waals surface area contributed by atoms with Gasteiger partial charge in [-0.15, -0.1) is 0 Å². The first-order valence-electron chi connectivity index (χ1n) is 7.84. The van der Waals surface area contributed by atoms with Crippen molar-refractivity contribution in [3.05, 3.63) is 35.5 Å². The third-order valence-corrected chi connectivity index (χ3v) is 6.13. The van der Waals surface area contributed by atoms with Gasteiger partial charge >= 0.3 is 0 Å². The normalized spacial score (nSPS) is 35.7. The van der Waals surface area contributed by atoms with Crippen molar-refractivity contribution in [3.8, 4) is 6.07 Å². The number of hydrogen-bond acceptors (Lipinski definition) is 2. The van der Waals surface area contributed by atoms with E-state index >= 15 is 0 Å². The average Bonchev–Trinajstić information content (AvgIpc) is 2.85. The van der Waals surface area contributed by atoms with Crippen molar-refractivity contribution in [1.82, 2.24) is 4.98 Å². The first kappa shape index (κ1) is 11.6. The summed E-state index contributed by atoms with van der Waals surface area (Å²) in [7, 11) is 0. The number of ketones is 1. The summed E-state index contributed by atoms with van der Waals surface area (Å²) in [6.07, 6.45) is 5.82. The smallest absolute Gasteiger partial charge is 0.168 e. The van der Waals surface area contributed by atoms with E-state index in [2.05, 4.69) is 11.1 Å². The van der Waals surface area contributed by atoms with Crippen LogP contribution in [0.5, 0.6) is 0 Å². The summed E-state index contributed by atoms with van der Waals surface area (Å²) in [5.74, 6) is 3.41. The molecule has 3 saturated carbocycles. The average molecular weight is 276 g/mol. The minimum absolute atomic E-state index is 0.238. The maximum Gasteiger partial charge on any atom is 0.168 e. The lowest BCUT2D eigenvalue weighted by Gasteiger charge is -2.07. The Hall–Kier alpha value is -2.08. The van der Waals surface area contributed by atoms with Gasteiger partial charge in [0, 0.05) is 28.6 Å². The zero-order valence-corrected chi connectivity index (χ0v) is 11.7. The topological polar surface area (TPSA) is 56.6 Å². The van der Waals surface area contributed by atoms with Gasteiger partial charge in [-0.25, -0.2) is 0 Å². The molecule has 5 rings (SSSR count). The van der Waals surface area contributed by atoms with E-state index in [0.29, 0.717) is 17.4 Å². The van der Waals surface area contributed by atoms with Crippen LogP contribution in [0.2, 0.25) is 0 Å². The minimum atomic E-state index is 0.238. The van der Waals surface area contributed by atoms with Crippen LogP contribution in [-0.2, 0) is 0 Å². The predicted molar refractivity (Wildman–Crippen MR) is 78.6 cm³/mol. The van der Waals surface area contributed by atoms with Gasteiger partial charge in [-0.2, -0.15) is 5.26 Å².